The van der Waals surface area contributed by atoms with Gasteiger partial charge in [-0.1, -0.05) is 24.1 Å². The Balaban J connectivity index is 3.43. The Labute approximate surface area is 64.0 Å². The molecule has 10 heavy (non-hydrogen) atoms. The lowest BCUT2D eigenvalue weighted by molar-refractivity contribution is -0.127. The Morgan fingerprint density at radius 2 is 2.50 bits per heavy atom. The zero-order valence-corrected chi connectivity index (χ0v) is 5.94. The van der Waals surface area contributed by atoms with Gasteiger partial charge < -0.3 is 0 Å². The van der Waals surface area contributed by atoms with Gasteiger partial charge >= 0.3 is 0 Å². The summed E-state index contributed by atoms with van der Waals surface area (Å²) < 4.78 is 0. The second kappa shape index (κ2) is 4.86. The Hall–Kier alpha value is -0.980. The SMILES string of the molecule is C#CCONC(=O)C(=C)Cl. The van der Waals surface area contributed by atoms with Gasteiger partial charge in [-0.25, -0.2) is 5.48 Å². The van der Waals surface area contributed by atoms with E-state index < -0.39 is 5.91 Å². The van der Waals surface area contributed by atoms with Gasteiger partial charge in [0, 0.05) is 0 Å². The highest BCUT2D eigenvalue weighted by molar-refractivity contribution is 6.41. The van der Waals surface area contributed by atoms with Crippen molar-refractivity contribution in [3.63, 3.8) is 0 Å². The lowest BCUT2D eigenvalue weighted by atomic mass is 10.6. The molecule has 0 fully saturated rings. The molecule has 0 rings (SSSR count). The van der Waals surface area contributed by atoms with Crippen molar-refractivity contribution in [3.05, 3.63) is 11.6 Å². The van der Waals surface area contributed by atoms with E-state index in [2.05, 4.69) is 17.3 Å². The van der Waals surface area contributed by atoms with Crippen molar-refractivity contribution in [2.45, 2.75) is 0 Å². The van der Waals surface area contributed by atoms with E-state index >= 15 is 0 Å². The van der Waals surface area contributed by atoms with Crippen LogP contribution in [-0.2, 0) is 9.63 Å². The second-order valence-electron chi connectivity index (χ2n) is 1.33. The Morgan fingerprint density at radius 1 is 1.90 bits per heavy atom. The first kappa shape index (κ1) is 9.02. The van der Waals surface area contributed by atoms with Gasteiger partial charge in [0.15, 0.2) is 0 Å². The molecule has 1 N–H and O–H groups in total. The minimum atomic E-state index is -0.586. The lowest BCUT2D eigenvalue weighted by Crippen LogP contribution is -2.23. The molecule has 0 aromatic carbocycles. The molecule has 3 nitrogen and oxygen atoms in total. The number of hydrogen-bond donors (Lipinski definition) is 1. The molecule has 0 aromatic heterocycles. The molecular formula is C6H6ClNO2. The Morgan fingerprint density at radius 3 is 2.90 bits per heavy atom. The summed E-state index contributed by atoms with van der Waals surface area (Å²) >= 11 is 5.17. The smallest absolute Gasteiger partial charge is 0.266 e. The largest absolute Gasteiger partial charge is 0.285 e. The van der Waals surface area contributed by atoms with Crippen molar-refractivity contribution in [3.8, 4) is 12.3 Å². The summed E-state index contributed by atoms with van der Waals surface area (Å²) in [4.78, 5) is 14.9. The van der Waals surface area contributed by atoms with Crippen LogP contribution in [-0.4, -0.2) is 12.5 Å². The Bertz CT molecular complexity index is 183. The van der Waals surface area contributed by atoms with Crippen LogP contribution in [0.25, 0.3) is 0 Å². The molecule has 0 unspecified atom stereocenters. The molecule has 0 aliphatic carbocycles. The van der Waals surface area contributed by atoms with Gasteiger partial charge in [0.1, 0.15) is 11.6 Å². The first-order chi connectivity index (χ1) is 4.68. The minimum absolute atomic E-state index is 0.00983. The zero-order valence-electron chi connectivity index (χ0n) is 5.19. The molecule has 0 aromatic rings. The molecule has 0 aliphatic rings. The van der Waals surface area contributed by atoms with E-state index in [1.807, 2.05) is 5.48 Å². The van der Waals surface area contributed by atoms with Crippen molar-refractivity contribution in [1.29, 1.82) is 0 Å². The van der Waals surface area contributed by atoms with Crippen LogP contribution >= 0.6 is 11.6 Å². The number of rotatable bonds is 3. The molecule has 0 saturated carbocycles. The molecule has 54 valence electrons. The van der Waals surface area contributed by atoms with Crippen LogP contribution in [0.2, 0.25) is 0 Å². The molecule has 0 saturated heterocycles. The molecular weight excluding hydrogens is 154 g/mol. The lowest BCUT2D eigenvalue weighted by Gasteiger charge is -1.98. The highest BCUT2D eigenvalue weighted by Gasteiger charge is 2.00. The van der Waals surface area contributed by atoms with Crippen LogP contribution in [0.5, 0.6) is 0 Å². The third-order valence-corrected chi connectivity index (χ3v) is 0.738. The number of carbonyl (C=O) groups is 1. The van der Waals surface area contributed by atoms with Crippen LogP contribution in [0, 0.1) is 12.3 Å². The minimum Gasteiger partial charge on any atom is -0.266 e. The molecule has 0 spiro atoms. The number of nitrogens with one attached hydrogen (secondary N) is 1. The van der Waals surface area contributed by atoms with E-state index in [1.54, 1.807) is 0 Å². The van der Waals surface area contributed by atoms with Gasteiger partial charge in [0.05, 0.1) is 0 Å². The molecule has 0 radical (unpaired) electrons. The van der Waals surface area contributed by atoms with E-state index in [9.17, 15) is 4.79 Å². The zero-order chi connectivity index (χ0) is 7.98. The molecule has 0 aliphatic heterocycles. The molecule has 1 amide bonds. The molecule has 0 bridgehead atoms. The fourth-order valence-electron chi connectivity index (χ4n) is 0.199. The van der Waals surface area contributed by atoms with E-state index in [1.165, 1.54) is 0 Å². The van der Waals surface area contributed by atoms with Gasteiger partial charge in [-0.05, 0) is 0 Å². The van der Waals surface area contributed by atoms with Crippen molar-refractivity contribution < 1.29 is 9.63 Å². The molecule has 4 heteroatoms. The average Bonchev–Trinajstić information content (AvgIpc) is 1.88. The maximum absolute atomic E-state index is 10.5. The quantitative estimate of drug-likeness (QED) is 0.281. The standard InChI is InChI=1S/C6H6ClNO2/c1-3-4-10-8-6(9)5(2)7/h1H,2,4H2,(H,8,9). The first-order valence-electron chi connectivity index (χ1n) is 2.38. The van der Waals surface area contributed by atoms with Crippen molar-refractivity contribution in [2.24, 2.45) is 0 Å². The first-order valence-corrected chi connectivity index (χ1v) is 2.76. The summed E-state index contributed by atoms with van der Waals surface area (Å²) in [6, 6.07) is 0. The van der Waals surface area contributed by atoms with E-state index in [-0.39, 0.29) is 11.6 Å². The van der Waals surface area contributed by atoms with Crippen molar-refractivity contribution in [1.82, 2.24) is 5.48 Å². The predicted octanol–water partition coefficient (Wildman–Crippen LogP) is 0.420. The van der Waals surface area contributed by atoms with Crippen LogP contribution in [0.15, 0.2) is 11.6 Å². The fraction of sp³-hybridized carbons (Fsp3) is 0.167. The summed E-state index contributed by atoms with van der Waals surface area (Å²) in [5, 5.41) is -0.142. The van der Waals surface area contributed by atoms with E-state index in [0.29, 0.717) is 0 Å². The fourth-order valence-corrected chi connectivity index (χ4v) is 0.237. The van der Waals surface area contributed by atoms with Gasteiger partial charge in [0.2, 0.25) is 0 Å². The van der Waals surface area contributed by atoms with E-state index in [0.717, 1.165) is 0 Å². The highest BCUT2D eigenvalue weighted by Crippen LogP contribution is 1.94. The number of amides is 1. The summed E-state index contributed by atoms with van der Waals surface area (Å²) in [7, 11) is 0. The number of hydroxylamine groups is 1. The number of terminal acetylenes is 1. The number of halogens is 1. The summed E-state index contributed by atoms with van der Waals surface area (Å²) in [5.74, 6) is 1.57. The van der Waals surface area contributed by atoms with Gasteiger partial charge in [0.25, 0.3) is 5.91 Å². The highest BCUT2D eigenvalue weighted by atomic mass is 35.5. The molecule has 0 heterocycles. The second-order valence-corrected chi connectivity index (χ2v) is 1.79. The van der Waals surface area contributed by atoms with E-state index in [4.69, 9.17) is 18.0 Å². The average molecular weight is 160 g/mol. The van der Waals surface area contributed by atoms with Crippen molar-refractivity contribution >= 4 is 17.5 Å². The topological polar surface area (TPSA) is 38.3 Å². The van der Waals surface area contributed by atoms with Gasteiger partial charge in [-0.15, -0.1) is 6.42 Å². The Kier molecular flexibility index (Phi) is 4.38. The van der Waals surface area contributed by atoms with Crippen LogP contribution in [0.1, 0.15) is 0 Å². The van der Waals surface area contributed by atoms with Crippen LogP contribution in [0.4, 0.5) is 0 Å². The normalized spacial score (nSPS) is 8.00. The number of hydrogen-bond acceptors (Lipinski definition) is 2. The summed E-state index contributed by atoms with van der Waals surface area (Å²) in [5.41, 5.74) is 1.97. The van der Waals surface area contributed by atoms with Crippen LogP contribution < -0.4 is 5.48 Å². The maximum Gasteiger partial charge on any atom is 0.285 e. The number of carbonyl (C=O) groups excluding carboxylic acids is 1. The monoisotopic (exact) mass is 159 g/mol. The third kappa shape index (κ3) is 3.96. The van der Waals surface area contributed by atoms with Crippen molar-refractivity contribution in [2.75, 3.05) is 6.61 Å². The van der Waals surface area contributed by atoms with Crippen LogP contribution in [0.3, 0.4) is 0 Å². The maximum atomic E-state index is 10.5. The summed E-state index contributed by atoms with van der Waals surface area (Å²) in [6.07, 6.45) is 4.81. The molecule has 0 atom stereocenters. The third-order valence-electron chi connectivity index (χ3n) is 0.567. The van der Waals surface area contributed by atoms with Gasteiger partial charge in [-0.2, -0.15) is 0 Å². The van der Waals surface area contributed by atoms with Gasteiger partial charge in [-0.3, -0.25) is 9.63 Å². The summed E-state index contributed by atoms with van der Waals surface area (Å²) in [6.45, 7) is 3.17. The predicted molar refractivity (Wildman–Crippen MR) is 37.9 cm³/mol.